The zero-order chi connectivity index (χ0) is 18.8. The van der Waals surface area contributed by atoms with E-state index in [-0.39, 0.29) is 0 Å². The second-order valence-corrected chi connectivity index (χ2v) is 10.1. The fraction of sp³-hybridized carbons (Fsp3) is 0.192. The van der Waals surface area contributed by atoms with Crippen LogP contribution in [0.15, 0.2) is 103 Å². The number of rotatable bonds is 8. The molecule has 0 heterocycles. The molecule has 3 rings (SSSR count). The van der Waals surface area contributed by atoms with Gasteiger partial charge in [0.05, 0.1) is 0 Å². The van der Waals surface area contributed by atoms with Crippen molar-refractivity contribution in [2.45, 2.75) is 32.6 Å². The van der Waals surface area contributed by atoms with Crippen LogP contribution in [0.2, 0.25) is 0 Å². The van der Waals surface area contributed by atoms with Crippen molar-refractivity contribution in [3.8, 4) is 0 Å². The SMILES string of the molecule is CCCC/C=C\CC=P(c1ccccc1)(c1ccccc1)c1ccccc1. The highest BCUT2D eigenvalue weighted by Gasteiger charge is 2.23. The monoisotopic (exact) mass is 372 g/mol. The first kappa shape index (κ1) is 19.5. The van der Waals surface area contributed by atoms with Crippen molar-refractivity contribution < 1.29 is 0 Å². The minimum atomic E-state index is -1.79. The number of unbranched alkanes of at least 4 members (excludes halogenated alkanes) is 2. The molecule has 1 heteroatoms. The maximum atomic E-state index is 2.58. The molecule has 138 valence electrons. The first-order valence-electron chi connectivity index (χ1n) is 9.93. The fourth-order valence-electron chi connectivity index (χ4n) is 3.51. The third-order valence-corrected chi connectivity index (χ3v) is 8.99. The summed E-state index contributed by atoms with van der Waals surface area (Å²) in [4.78, 5) is 0. The highest BCUT2D eigenvalue weighted by molar-refractivity contribution is 7.94. The Balaban J connectivity index is 2.16. The molecule has 0 bridgehead atoms. The molecule has 0 nitrogen and oxygen atoms in total. The van der Waals surface area contributed by atoms with Crippen LogP contribution in [0.25, 0.3) is 0 Å². The lowest BCUT2D eigenvalue weighted by molar-refractivity contribution is 0.814. The molecule has 3 aromatic carbocycles. The summed E-state index contributed by atoms with van der Waals surface area (Å²) < 4.78 is 0. The summed E-state index contributed by atoms with van der Waals surface area (Å²) in [6, 6.07) is 33.1. The van der Waals surface area contributed by atoms with E-state index in [1.807, 2.05) is 0 Å². The summed E-state index contributed by atoms with van der Waals surface area (Å²) in [5, 5.41) is 4.26. The van der Waals surface area contributed by atoms with Gasteiger partial charge in [-0.1, -0.05) is 129 Å². The Hall–Kier alpha value is -2.30. The van der Waals surface area contributed by atoms with Crippen LogP contribution in [-0.2, 0) is 0 Å². The van der Waals surface area contributed by atoms with Gasteiger partial charge in [-0.15, -0.1) is 0 Å². The van der Waals surface area contributed by atoms with Crippen molar-refractivity contribution in [3.05, 3.63) is 103 Å². The predicted molar refractivity (Wildman–Crippen MR) is 124 cm³/mol. The van der Waals surface area contributed by atoms with Crippen LogP contribution in [0, 0.1) is 0 Å². The molecule has 3 aromatic rings. The summed E-state index contributed by atoms with van der Waals surface area (Å²) in [6.07, 6.45) is 9.39. The molecule has 0 aliphatic rings. The van der Waals surface area contributed by atoms with Crippen LogP contribution in [0.4, 0.5) is 0 Å². The first-order valence-corrected chi connectivity index (χ1v) is 11.8. The summed E-state index contributed by atoms with van der Waals surface area (Å²) >= 11 is 0. The van der Waals surface area contributed by atoms with Gasteiger partial charge in [0, 0.05) is 0 Å². The highest BCUT2D eigenvalue weighted by Crippen LogP contribution is 2.43. The fourth-order valence-corrected chi connectivity index (χ4v) is 7.40. The Morgan fingerprint density at radius 1 is 0.630 bits per heavy atom. The third kappa shape index (κ3) is 4.71. The molecule has 0 radical (unpaired) electrons. The summed E-state index contributed by atoms with van der Waals surface area (Å²) in [7, 11) is 0. The summed E-state index contributed by atoms with van der Waals surface area (Å²) in [5.41, 5.74) is 0. The normalized spacial score (nSPS) is 11.6. The average molecular weight is 372 g/mol. The van der Waals surface area contributed by atoms with Crippen LogP contribution in [0.1, 0.15) is 32.6 Å². The van der Waals surface area contributed by atoms with E-state index in [1.165, 1.54) is 35.2 Å². The van der Waals surface area contributed by atoms with Gasteiger partial charge in [0.15, 0.2) is 0 Å². The van der Waals surface area contributed by atoms with E-state index in [4.69, 9.17) is 0 Å². The van der Waals surface area contributed by atoms with E-state index >= 15 is 0 Å². The van der Waals surface area contributed by atoms with Crippen LogP contribution < -0.4 is 15.9 Å². The van der Waals surface area contributed by atoms with Crippen LogP contribution >= 0.6 is 6.89 Å². The van der Waals surface area contributed by atoms with Crippen molar-refractivity contribution in [2.24, 2.45) is 0 Å². The zero-order valence-electron chi connectivity index (χ0n) is 16.2. The molecule has 0 N–H and O–H groups in total. The number of allylic oxidation sites excluding steroid dienone is 2. The average Bonchev–Trinajstić information content (AvgIpc) is 2.75. The van der Waals surface area contributed by atoms with E-state index in [0.717, 1.165) is 6.42 Å². The van der Waals surface area contributed by atoms with Gasteiger partial charge in [0.2, 0.25) is 0 Å². The molecular weight excluding hydrogens is 343 g/mol. The van der Waals surface area contributed by atoms with Gasteiger partial charge in [0.25, 0.3) is 0 Å². The standard InChI is InChI=1S/C26H29P/c1-2-3-4-5-6-16-23-27(24-17-10-7-11-18-24,25-19-12-8-13-20-25)26-21-14-9-15-22-26/h5-15,17-23H,2-4,16H2,1H3/b6-5-. The first-order chi connectivity index (χ1) is 13.4. The molecule has 0 saturated heterocycles. The molecule has 0 unspecified atom stereocenters. The second-order valence-electron chi connectivity index (χ2n) is 6.76. The van der Waals surface area contributed by atoms with Gasteiger partial charge >= 0.3 is 0 Å². The van der Waals surface area contributed by atoms with Gasteiger partial charge in [-0.05, 0) is 35.6 Å². The lowest BCUT2D eigenvalue weighted by Gasteiger charge is -2.28. The molecule has 27 heavy (non-hydrogen) atoms. The number of benzene rings is 3. The van der Waals surface area contributed by atoms with Gasteiger partial charge in [0.1, 0.15) is 0 Å². The van der Waals surface area contributed by atoms with Crippen molar-refractivity contribution in [1.82, 2.24) is 0 Å². The maximum Gasteiger partial charge on any atom is -0.0156 e. The third-order valence-electron chi connectivity index (χ3n) is 4.90. The Morgan fingerprint density at radius 3 is 1.48 bits per heavy atom. The van der Waals surface area contributed by atoms with E-state index in [0.29, 0.717) is 0 Å². The molecule has 0 aromatic heterocycles. The van der Waals surface area contributed by atoms with Gasteiger partial charge < -0.3 is 0 Å². The minimum Gasteiger partial charge on any atom is -0.0882 e. The van der Waals surface area contributed by atoms with Crippen LogP contribution in [-0.4, -0.2) is 5.80 Å². The maximum absolute atomic E-state index is 2.58. The molecule has 0 spiro atoms. The van der Waals surface area contributed by atoms with Crippen LogP contribution in [0.5, 0.6) is 0 Å². The quantitative estimate of drug-likeness (QED) is 0.262. The van der Waals surface area contributed by atoms with E-state index < -0.39 is 6.89 Å². The molecule has 0 amide bonds. The van der Waals surface area contributed by atoms with Gasteiger partial charge in [-0.25, -0.2) is 0 Å². The largest absolute Gasteiger partial charge is 0.0882 e. The Labute approximate surface area is 164 Å². The summed E-state index contributed by atoms with van der Waals surface area (Å²) in [6.45, 7) is 0.462. The Morgan fingerprint density at radius 2 is 1.07 bits per heavy atom. The van der Waals surface area contributed by atoms with E-state index in [2.05, 4.69) is 116 Å². The molecule has 0 aliphatic carbocycles. The smallest absolute Gasteiger partial charge is 0.0156 e. The minimum absolute atomic E-state index is 0.996. The van der Waals surface area contributed by atoms with Crippen molar-refractivity contribution in [3.63, 3.8) is 0 Å². The second kappa shape index (κ2) is 10.1. The lowest BCUT2D eigenvalue weighted by Crippen LogP contribution is -2.26. The zero-order valence-corrected chi connectivity index (χ0v) is 17.1. The number of hydrogen-bond acceptors (Lipinski definition) is 0. The van der Waals surface area contributed by atoms with Crippen molar-refractivity contribution in [1.29, 1.82) is 0 Å². The molecule has 0 aliphatic heterocycles. The summed E-state index contributed by atoms with van der Waals surface area (Å²) in [5.74, 6) is 2.58. The van der Waals surface area contributed by atoms with Crippen LogP contribution in [0.3, 0.4) is 0 Å². The highest BCUT2D eigenvalue weighted by atomic mass is 31.2. The molecular formula is C26H29P. The topological polar surface area (TPSA) is 0 Å². The van der Waals surface area contributed by atoms with Crippen molar-refractivity contribution >= 4 is 28.6 Å². The Bertz CT molecular complexity index is 774. The number of hydrogen-bond donors (Lipinski definition) is 0. The van der Waals surface area contributed by atoms with E-state index in [1.54, 1.807) is 0 Å². The Kier molecular flexibility index (Phi) is 7.31. The van der Waals surface area contributed by atoms with Crippen molar-refractivity contribution in [2.75, 3.05) is 0 Å². The molecule has 0 saturated carbocycles. The lowest BCUT2D eigenvalue weighted by atomic mass is 10.2. The molecule has 0 atom stereocenters. The van der Waals surface area contributed by atoms with Gasteiger partial charge in [-0.3, -0.25) is 0 Å². The predicted octanol–water partition coefficient (Wildman–Crippen LogP) is 5.92. The van der Waals surface area contributed by atoms with E-state index in [9.17, 15) is 0 Å². The van der Waals surface area contributed by atoms with Gasteiger partial charge in [-0.2, -0.15) is 0 Å². The molecule has 0 fully saturated rings.